The van der Waals surface area contributed by atoms with Crippen molar-refractivity contribution in [2.75, 3.05) is 7.05 Å². The van der Waals surface area contributed by atoms with E-state index in [4.69, 9.17) is 4.74 Å². The van der Waals surface area contributed by atoms with Crippen LogP contribution in [0.5, 0.6) is 11.5 Å². The molecule has 0 aliphatic heterocycles. The topological polar surface area (TPSA) is 39.1 Å². The van der Waals surface area contributed by atoms with Crippen LogP contribution >= 0.6 is 0 Å². The summed E-state index contributed by atoms with van der Waals surface area (Å²) in [5, 5.41) is 7.42. The molecule has 1 unspecified atom stereocenters. The molecule has 18 heavy (non-hydrogen) atoms. The molecule has 1 aromatic heterocycles. The number of aryl methyl sites for hydroxylation is 1. The Balaban J connectivity index is 2.23. The van der Waals surface area contributed by atoms with Gasteiger partial charge in [0.15, 0.2) is 5.75 Å². The van der Waals surface area contributed by atoms with Crippen molar-refractivity contribution in [3.63, 3.8) is 0 Å². The van der Waals surface area contributed by atoms with Crippen LogP contribution in [0.3, 0.4) is 0 Å². The second-order valence-corrected chi connectivity index (χ2v) is 4.18. The van der Waals surface area contributed by atoms with Crippen LogP contribution in [0.4, 0.5) is 0 Å². The van der Waals surface area contributed by atoms with Crippen molar-refractivity contribution >= 4 is 0 Å². The van der Waals surface area contributed by atoms with Gasteiger partial charge in [-0.3, -0.25) is 4.68 Å². The van der Waals surface area contributed by atoms with Crippen LogP contribution in [-0.2, 0) is 6.54 Å². The molecule has 0 amide bonds. The number of rotatable bonds is 5. The predicted octanol–water partition coefficient (Wildman–Crippen LogP) is 2.98. The number of hydrogen-bond donors (Lipinski definition) is 1. The summed E-state index contributed by atoms with van der Waals surface area (Å²) in [6, 6.07) is 8.30. The van der Waals surface area contributed by atoms with E-state index in [9.17, 15) is 0 Å². The molecule has 1 aromatic carbocycles. The van der Waals surface area contributed by atoms with Gasteiger partial charge in [-0.1, -0.05) is 18.2 Å². The quantitative estimate of drug-likeness (QED) is 0.880. The van der Waals surface area contributed by atoms with E-state index in [-0.39, 0.29) is 6.04 Å². The minimum atomic E-state index is 0.252. The Kier molecular flexibility index (Phi) is 3.99. The van der Waals surface area contributed by atoms with Crippen molar-refractivity contribution < 1.29 is 4.74 Å². The first kappa shape index (κ1) is 12.6. The lowest BCUT2D eigenvalue weighted by atomic mass is 10.1. The largest absolute Gasteiger partial charge is 0.454 e. The van der Waals surface area contributed by atoms with E-state index in [0.717, 1.165) is 23.6 Å². The third-order valence-electron chi connectivity index (χ3n) is 2.98. The molecule has 2 aromatic rings. The summed E-state index contributed by atoms with van der Waals surface area (Å²) in [5.41, 5.74) is 1.14. The van der Waals surface area contributed by atoms with Crippen LogP contribution in [0.15, 0.2) is 36.7 Å². The minimum Gasteiger partial charge on any atom is -0.454 e. The van der Waals surface area contributed by atoms with Crippen molar-refractivity contribution in [2.45, 2.75) is 26.4 Å². The van der Waals surface area contributed by atoms with Gasteiger partial charge in [-0.15, -0.1) is 0 Å². The molecule has 4 heteroatoms. The second kappa shape index (κ2) is 5.69. The monoisotopic (exact) mass is 245 g/mol. The average Bonchev–Trinajstić information content (AvgIpc) is 2.86. The Morgan fingerprint density at radius 3 is 2.83 bits per heavy atom. The summed E-state index contributed by atoms with van der Waals surface area (Å²) >= 11 is 0. The predicted molar refractivity (Wildman–Crippen MR) is 71.9 cm³/mol. The molecular weight excluding hydrogens is 226 g/mol. The molecule has 1 N–H and O–H groups in total. The van der Waals surface area contributed by atoms with Gasteiger partial charge in [0.25, 0.3) is 0 Å². The van der Waals surface area contributed by atoms with Gasteiger partial charge in [-0.05, 0) is 27.0 Å². The zero-order valence-electron chi connectivity index (χ0n) is 11.1. The fourth-order valence-corrected chi connectivity index (χ4v) is 1.78. The van der Waals surface area contributed by atoms with Crippen LogP contribution in [0.2, 0.25) is 0 Å². The van der Waals surface area contributed by atoms with E-state index >= 15 is 0 Å². The molecule has 96 valence electrons. The maximum Gasteiger partial charge on any atom is 0.165 e. The van der Waals surface area contributed by atoms with Gasteiger partial charge < -0.3 is 10.1 Å². The zero-order valence-corrected chi connectivity index (χ0v) is 11.1. The molecule has 1 atom stereocenters. The van der Waals surface area contributed by atoms with E-state index in [1.807, 2.05) is 43.0 Å². The Hall–Kier alpha value is -1.81. The van der Waals surface area contributed by atoms with E-state index < -0.39 is 0 Å². The van der Waals surface area contributed by atoms with Crippen LogP contribution in [0.1, 0.15) is 25.5 Å². The number of nitrogens with zero attached hydrogens (tertiary/aromatic N) is 2. The minimum absolute atomic E-state index is 0.252. The summed E-state index contributed by atoms with van der Waals surface area (Å²) < 4.78 is 7.74. The van der Waals surface area contributed by atoms with Crippen molar-refractivity contribution in [3.05, 3.63) is 42.2 Å². The maximum atomic E-state index is 5.89. The fraction of sp³-hybridized carbons (Fsp3) is 0.357. The summed E-state index contributed by atoms with van der Waals surface area (Å²) in [6.07, 6.45) is 3.64. The highest BCUT2D eigenvalue weighted by atomic mass is 16.5. The molecule has 0 aliphatic rings. The average molecular weight is 245 g/mol. The van der Waals surface area contributed by atoms with E-state index in [0.29, 0.717) is 0 Å². The van der Waals surface area contributed by atoms with Gasteiger partial charge in [0.2, 0.25) is 0 Å². The van der Waals surface area contributed by atoms with E-state index in [1.165, 1.54) is 0 Å². The lowest BCUT2D eigenvalue weighted by molar-refractivity contribution is 0.465. The first-order valence-electron chi connectivity index (χ1n) is 6.21. The van der Waals surface area contributed by atoms with Gasteiger partial charge in [0.05, 0.1) is 12.4 Å². The van der Waals surface area contributed by atoms with Gasteiger partial charge in [-0.25, -0.2) is 0 Å². The number of benzene rings is 1. The fourth-order valence-electron chi connectivity index (χ4n) is 1.78. The molecule has 0 bridgehead atoms. The third kappa shape index (κ3) is 2.71. The van der Waals surface area contributed by atoms with Gasteiger partial charge in [0.1, 0.15) is 5.75 Å². The smallest absolute Gasteiger partial charge is 0.165 e. The Bertz CT molecular complexity index is 507. The van der Waals surface area contributed by atoms with Crippen LogP contribution in [-0.4, -0.2) is 16.8 Å². The number of ether oxygens (including phenoxy) is 1. The Labute approximate surface area is 108 Å². The van der Waals surface area contributed by atoms with E-state index in [2.05, 4.69) is 23.4 Å². The molecule has 1 heterocycles. The third-order valence-corrected chi connectivity index (χ3v) is 2.98. The standard InChI is InChI=1S/C14H19N3O/c1-4-17-10-12(9-16-17)18-14-8-6-5-7-13(14)11(2)15-3/h5-11,15H,4H2,1-3H3. The SMILES string of the molecule is CCn1cc(Oc2ccccc2C(C)NC)cn1. The number of para-hydroxylation sites is 1. The normalized spacial score (nSPS) is 12.4. The molecular formula is C14H19N3O. The van der Waals surface area contributed by atoms with Gasteiger partial charge in [-0.2, -0.15) is 5.10 Å². The van der Waals surface area contributed by atoms with Gasteiger partial charge >= 0.3 is 0 Å². The highest BCUT2D eigenvalue weighted by Gasteiger charge is 2.10. The second-order valence-electron chi connectivity index (χ2n) is 4.18. The number of nitrogens with one attached hydrogen (secondary N) is 1. The maximum absolute atomic E-state index is 5.89. The molecule has 0 spiro atoms. The molecule has 0 saturated heterocycles. The highest BCUT2D eigenvalue weighted by Crippen LogP contribution is 2.28. The van der Waals surface area contributed by atoms with Crippen molar-refractivity contribution in [1.82, 2.24) is 15.1 Å². The molecule has 0 fully saturated rings. The van der Waals surface area contributed by atoms with Crippen molar-refractivity contribution in [2.24, 2.45) is 0 Å². The zero-order chi connectivity index (χ0) is 13.0. The van der Waals surface area contributed by atoms with E-state index in [1.54, 1.807) is 6.20 Å². The van der Waals surface area contributed by atoms with Crippen molar-refractivity contribution in [1.29, 1.82) is 0 Å². The van der Waals surface area contributed by atoms with Crippen LogP contribution in [0.25, 0.3) is 0 Å². The number of aromatic nitrogens is 2. The molecule has 0 radical (unpaired) electrons. The summed E-state index contributed by atoms with van der Waals surface area (Å²) in [6.45, 7) is 5.00. The lowest BCUT2D eigenvalue weighted by Gasteiger charge is -2.15. The molecule has 4 nitrogen and oxygen atoms in total. The summed E-state index contributed by atoms with van der Waals surface area (Å²) in [4.78, 5) is 0. The lowest BCUT2D eigenvalue weighted by Crippen LogP contribution is -2.13. The first-order chi connectivity index (χ1) is 8.74. The highest BCUT2D eigenvalue weighted by molar-refractivity contribution is 5.38. The van der Waals surface area contributed by atoms with Crippen LogP contribution < -0.4 is 10.1 Å². The Morgan fingerprint density at radius 2 is 2.17 bits per heavy atom. The van der Waals surface area contributed by atoms with Crippen LogP contribution in [0, 0.1) is 0 Å². The molecule has 0 saturated carbocycles. The van der Waals surface area contributed by atoms with Gasteiger partial charge in [0, 0.05) is 18.2 Å². The number of hydrogen-bond acceptors (Lipinski definition) is 3. The first-order valence-corrected chi connectivity index (χ1v) is 6.21. The molecule has 0 aliphatic carbocycles. The summed E-state index contributed by atoms with van der Waals surface area (Å²) in [5.74, 6) is 1.64. The Morgan fingerprint density at radius 1 is 1.39 bits per heavy atom. The van der Waals surface area contributed by atoms with Crippen molar-refractivity contribution in [3.8, 4) is 11.5 Å². The molecule has 2 rings (SSSR count). The summed E-state index contributed by atoms with van der Waals surface area (Å²) in [7, 11) is 1.94.